The number of carbonyl (C=O) groups excluding carboxylic acids is 1. The van der Waals surface area contributed by atoms with Crippen LogP contribution < -0.4 is 9.62 Å². The molecule has 0 aromatic heterocycles. The summed E-state index contributed by atoms with van der Waals surface area (Å²) in [6.07, 6.45) is 2.07. The van der Waals surface area contributed by atoms with Gasteiger partial charge in [-0.3, -0.25) is 9.52 Å². The van der Waals surface area contributed by atoms with E-state index in [9.17, 15) is 17.6 Å². The van der Waals surface area contributed by atoms with Gasteiger partial charge in [-0.25, -0.2) is 12.8 Å². The number of hydrogen-bond acceptors (Lipinski definition) is 3. The van der Waals surface area contributed by atoms with Gasteiger partial charge in [0.25, 0.3) is 0 Å². The number of nitrogens with one attached hydrogen (secondary N) is 1. The number of sulfonamides is 1. The van der Waals surface area contributed by atoms with Crippen molar-refractivity contribution in [3.8, 4) is 0 Å². The van der Waals surface area contributed by atoms with E-state index in [0.717, 1.165) is 24.1 Å². The van der Waals surface area contributed by atoms with Crippen LogP contribution in [-0.4, -0.2) is 20.9 Å². The minimum atomic E-state index is -3.66. The summed E-state index contributed by atoms with van der Waals surface area (Å²) in [5.41, 5.74) is 2.63. The van der Waals surface area contributed by atoms with Crippen molar-refractivity contribution >= 4 is 27.3 Å². The predicted octanol–water partition coefficient (Wildman–Crippen LogP) is 3.46. The number of benzene rings is 2. The van der Waals surface area contributed by atoms with Gasteiger partial charge in [-0.05, 0) is 54.3 Å². The van der Waals surface area contributed by atoms with Gasteiger partial charge in [0.15, 0.2) is 0 Å². The number of anilines is 2. The minimum Gasteiger partial charge on any atom is -0.312 e. The first-order valence-electron chi connectivity index (χ1n) is 8.56. The number of rotatable bonds is 5. The van der Waals surface area contributed by atoms with E-state index in [2.05, 4.69) is 4.72 Å². The van der Waals surface area contributed by atoms with Gasteiger partial charge in [0.2, 0.25) is 15.9 Å². The third-order valence-electron chi connectivity index (χ3n) is 4.32. The van der Waals surface area contributed by atoms with Gasteiger partial charge in [0, 0.05) is 24.3 Å². The molecule has 0 bridgehead atoms. The number of hydrogen-bond donors (Lipinski definition) is 1. The largest absolute Gasteiger partial charge is 0.312 e. The molecule has 1 aliphatic rings. The van der Waals surface area contributed by atoms with Crippen LogP contribution in [0, 0.1) is 5.82 Å². The van der Waals surface area contributed by atoms with Crippen LogP contribution in [0.3, 0.4) is 0 Å². The molecule has 1 heterocycles. The maximum Gasteiger partial charge on any atom is 0.236 e. The van der Waals surface area contributed by atoms with Crippen LogP contribution in [0.5, 0.6) is 0 Å². The lowest BCUT2D eigenvalue weighted by atomic mass is 10.0. The van der Waals surface area contributed by atoms with Crippen molar-refractivity contribution < 1.29 is 17.6 Å². The van der Waals surface area contributed by atoms with Crippen molar-refractivity contribution in [2.75, 3.05) is 16.2 Å². The molecule has 7 heteroatoms. The maximum atomic E-state index is 13.2. The Kier molecular flexibility index (Phi) is 5.27. The van der Waals surface area contributed by atoms with Gasteiger partial charge in [-0.15, -0.1) is 0 Å². The Bertz CT molecular complexity index is 928. The van der Waals surface area contributed by atoms with E-state index in [1.54, 1.807) is 29.2 Å². The van der Waals surface area contributed by atoms with E-state index >= 15 is 0 Å². The van der Waals surface area contributed by atoms with Crippen molar-refractivity contribution in [2.45, 2.75) is 31.9 Å². The highest BCUT2D eigenvalue weighted by molar-refractivity contribution is 7.91. The first-order valence-corrected chi connectivity index (χ1v) is 10.2. The SMILES string of the molecule is CCC(=O)N1CCCc2cc(NS(=O)(=O)Cc3cccc(F)c3)ccc21. The van der Waals surface area contributed by atoms with Crippen LogP contribution in [0.1, 0.15) is 30.9 Å². The third kappa shape index (κ3) is 4.22. The normalized spacial score (nSPS) is 14.0. The maximum absolute atomic E-state index is 13.2. The summed E-state index contributed by atoms with van der Waals surface area (Å²) in [6.45, 7) is 2.51. The Hall–Kier alpha value is -2.41. The molecule has 0 atom stereocenters. The molecular formula is C19H21FN2O3S. The second-order valence-corrected chi connectivity index (χ2v) is 8.06. The predicted molar refractivity (Wildman–Crippen MR) is 100 cm³/mol. The average molecular weight is 376 g/mol. The molecule has 0 fully saturated rings. The molecule has 0 aliphatic carbocycles. The molecule has 0 spiro atoms. The van der Waals surface area contributed by atoms with Crippen molar-refractivity contribution in [3.63, 3.8) is 0 Å². The standard InChI is InChI=1S/C19H21FN2O3S/c1-2-19(23)22-10-4-6-15-12-17(8-9-18(15)22)21-26(24,25)13-14-5-3-7-16(20)11-14/h3,5,7-9,11-12,21H,2,4,6,10,13H2,1H3. The molecule has 2 aromatic carbocycles. The van der Waals surface area contributed by atoms with Crippen molar-refractivity contribution in [1.82, 2.24) is 0 Å². The second kappa shape index (κ2) is 7.45. The van der Waals surface area contributed by atoms with Gasteiger partial charge >= 0.3 is 0 Å². The minimum absolute atomic E-state index is 0.0605. The summed E-state index contributed by atoms with van der Waals surface area (Å²) < 4.78 is 40.5. The van der Waals surface area contributed by atoms with Crippen LogP contribution in [0.15, 0.2) is 42.5 Å². The fourth-order valence-corrected chi connectivity index (χ4v) is 4.35. The Morgan fingerprint density at radius 2 is 2.04 bits per heavy atom. The number of aryl methyl sites for hydroxylation is 1. The third-order valence-corrected chi connectivity index (χ3v) is 5.58. The number of fused-ring (bicyclic) bond motifs is 1. The van der Waals surface area contributed by atoms with E-state index in [1.165, 1.54) is 18.2 Å². The molecule has 2 aromatic rings. The zero-order chi connectivity index (χ0) is 18.7. The van der Waals surface area contributed by atoms with Gasteiger partial charge in [0.05, 0.1) is 5.75 Å². The van der Waals surface area contributed by atoms with Crippen molar-refractivity contribution in [1.29, 1.82) is 0 Å². The van der Waals surface area contributed by atoms with Gasteiger partial charge < -0.3 is 4.90 Å². The van der Waals surface area contributed by atoms with Gasteiger partial charge in [0.1, 0.15) is 5.82 Å². The van der Waals surface area contributed by atoms with E-state index in [0.29, 0.717) is 24.2 Å². The van der Waals surface area contributed by atoms with Crippen molar-refractivity contribution in [2.24, 2.45) is 0 Å². The first kappa shape index (κ1) is 18.4. The molecule has 26 heavy (non-hydrogen) atoms. The molecule has 0 unspecified atom stereocenters. The topological polar surface area (TPSA) is 66.5 Å². The molecule has 1 aliphatic heterocycles. The summed E-state index contributed by atoms with van der Waals surface area (Å²) >= 11 is 0. The van der Waals surface area contributed by atoms with E-state index < -0.39 is 15.8 Å². The smallest absolute Gasteiger partial charge is 0.236 e. The van der Waals surface area contributed by atoms with Gasteiger partial charge in [-0.2, -0.15) is 0 Å². The fraction of sp³-hybridized carbons (Fsp3) is 0.316. The van der Waals surface area contributed by atoms with Crippen LogP contribution in [0.4, 0.5) is 15.8 Å². The van der Waals surface area contributed by atoms with E-state index in [-0.39, 0.29) is 11.7 Å². The highest BCUT2D eigenvalue weighted by Gasteiger charge is 2.22. The summed E-state index contributed by atoms with van der Waals surface area (Å²) in [7, 11) is -3.66. The average Bonchev–Trinajstić information content (AvgIpc) is 2.59. The number of carbonyl (C=O) groups is 1. The van der Waals surface area contributed by atoms with Crippen molar-refractivity contribution in [3.05, 3.63) is 59.4 Å². The molecule has 5 nitrogen and oxygen atoms in total. The highest BCUT2D eigenvalue weighted by atomic mass is 32.2. The highest BCUT2D eigenvalue weighted by Crippen LogP contribution is 2.30. The molecule has 3 rings (SSSR count). The summed E-state index contributed by atoms with van der Waals surface area (Å²) in [5, 5.41) is 0. The first-order chi connectivity index (χ1) is 12.4. The number of halogens is 1. The van der Waals surface area contributed by atoms with E-state index in [4.69, 9.17) is 0 Å². The monoisotopic (exact) mass is 376 g/mol. The number of amides is 1. The Balaban J connectivity index is 1.79. The number of nitrogens with zero attached hydrogens (tertiary/aromatic N) is 1. The summed E-state index contributed by atoms with van der Waals surface area (Å²) in [4.78, 5) is 13.8. The second-order valence-electron chi connectivity index (χ2n) is 6.34. The zero-order valence-corrected chi connectivity index (χ0v) is 15.4. The molecular weight excluding hydrogens is 355 g/mol. The Labute approximate surface area is 152 Å². The molecule has 1 N–H and O–H groups in total. The lowest BCUT2D eigenvalue weighted by Gasteiger charge is -2.29. The van der Waals surface area contributed by atoms with Crippen LogP contribution in [0.2, 0.25) is 0 Å². The lowest BCUT2D eigenvalue weighted by Crippen LogP contribution is -2.34. The van der Waals surface area contributed by atoms with Gasteiger partial charge in [-0.1, -0.05) is 19.1 Å². The zero-order valence-electron chi connectivity index (χ0n) is 14.5. The Morgan fingerprint density at radius 1 is 1.23 bits per heavy atom. The quantitative estimate of drug-likeness (QED) is 0.869. The molecule has 138 valence electrons. The van der Waals surface area contributed by atoms with Crippen LogP contribution >= 0.6 is 0 Å². The molecule has 0 saturated carbocycles. The summed E-state index contributed by atoms with van der Waals surface area (Å²) in [5.74, 6) is -0.708. The summed E-state index contributed by atoms with van der Waals surface area (Å²) in [6, 6.07) is 10.7. The molecule has 1 amide bonds. The van der Waals surface area contributed by atoms with E-state index in [1.807, 2.05) is 6.92 Å². The van der Waals surface area contributed by atoms with Crippen LogP contribution in [0.25, 0.3) is 0 Å². The van der Waals surface area contributed by atoms with Crippen LogP contribution in [-0.2, 0) is 27.0 Å². The fourth-order valence-electron chi connectivity index (χ4n) is 3.17. The molecule has 0 saturated heterocycles. The Morgan fingerprint density at radius 3 is 2.77 bits per heavy atom. The lowest BCUT2D eigenvalue weighted by molar-refractivity contribution is -0.118. The molecule has 0 radical (unpaired) electrons.